The Balaban J connectivity index is 2.71. The van der Waals surface area contributed by atoms with E-state index in [-0.39, 0.29) is 5.41 Å². The molecule has 0 fully saturated rings. The number of rotatable bonds is 1. The number of hydrogen-bond donors (Lipinski definition) is 1. The number of halogens is 1. The Bertz CT molecular complexity index is 324. The Labute approximate surface area is 95.5 Å². The van der Waals surface area contributed by atoms with Gasteiger partial charge in [-0.2, -0.15) is 0 Å². The molecular formula is C11H14ClNS. The lowest BCUT2D eigenvalue weighted by molar-refractivity contribution is 0.600. The smallest absolute Gasteiger partial charge is 0.0851 e. The fourth-order valence-corrected chi connectivity index (χ4v) is 1.10. The van der Waals surface area contributed by atoms with Crippen LogP contribution in [0.15, 0.2) is 24.3 Å². The van der Waals surface area contributed by atoms with Gasteiger partial charge in [0.15, 0.2) is 0 Å². The second-order valence-corrected chi connectivity index (χ2v) is 5.06. The maximum absolute atomic E-state index is 5.78. The average molecular weight is 228 g/mol. The molecule has 1 aromatic carbocycles. The maximum atomic E-state index is 5.78. The van der Waals surface area contributed by atoms with Crippen molar-refractivity contribution in [2.24, 2.45) is 5.41 Å². The minimum Gasteiger partial charge on any atom is -0.350 e. The molecule has 0 aliphatic heterocycles. The molecule has 0 radical (unpaired) electrons. The molecule has 1 nitrogen and oxygen atoms in total. The van der Waals surface area contributed by atoms with E-state index in [2.05, 4.69) is 26.1 Å². The summed E-state index contributed by atoms with van der Waals surface area (Å²) in [5, 5.41) is 3.92. The molecule has 3 heteroatoms. The largest absolute Gasteiger partial charge is 0.350 e. The first-order chi connectivity index (χ1) is 6.39. The van der Waals surface area contributed by atoms with E-state index in [4.69, 9.17) is 23.8 Å². The molecule has 76 valence electrons. The summed E-state index contributed by atoms with van der Waals surface area (Å²) in [5.74, 6) is 0. The normalized spacial score (nSPS) is 11.1. The fourth-order valence-electron chi connectivity index (χ4n) is 0.852. The summed E-state index contributed by atoms with van der Waals surface area (Å²) in [5.41, 5.74) is 0.976. The number of anilines is 1. The molecule has 0 saturated heterocycles. The van der Waals surface area contributed by atoms with Crippen LogP contribution in [0.1, 0.15) is 20.8 Å². The Hall–Kier alpha value is -0.600. The molecule has 0 atom stereocenters. The van der Waals surface area contributed by atoms with Crippen molar-refractivity contribution in [1.82, 2.24) is 0 Å². The van der Waals surface area contributed by atoms with Gasteiger partial charge < -0.3 is 5.32 Å². The summed E-state index contributed by atoms with van der Waals surface area (Å²) >= 11 is 11.0. The molecule has 0 amide bonds. The zero-order valence-corrected chi connectivity index (χ0v) is 10.2. The summed E-state index contributed by atoms with van der Waals surface area (Å²) in [6.45, 7) is 6.24. The van der Waals surface area contributed by atoms with Gasteiger partial charge in [-0.1, -0.05) is 44.6 Å². The highest BCUT2D eigenvalue weighted by molar-refractivity contribution is 7.80. The predicted molar refractivity (Wildman–Crippen MR) is 67.1 cm³/mol. The van der Waals surface area contributed by atoms with E-state index < -0.39 is 0 Å². The highest BCUT2D eigenvalue weighted by atomic mass is 35.5. The Kier molecular flexibility index (Phi) is 3.51. The maximum Gasteiger partial charge on any atom is 0.0851 e. The third-order valence-corrected chi connectivity index (χ3v) is 2.75. The number of nitrogens with one attached hydrogen (secondary N) is 1. The van der Waals surface area contributed by atoms with Crippen LogP contribution in [0.25, 0.3) is 0 Å². The Morgan fingerprint density at radius 2 is 1.71 bits per heavy atom. The van der Waals surface area contributed by atoms with Gasteiger partial charge >= 0.3 is 0 Å². The van der Waals surface area contributed by atoms with Gasteiger partial charge in [0.2, 0.25) is 0 Å². The van der Waals surface area contributed by atoms with Crippen molar-refractivity contribution in [3.05, 3.63) is 29.3 Å². The lowest BCUT2D eigenvalue weighted by atomic mass is 9.96. The van der Waals surface area contributed by atoms with Gasteiger partial charge in [-0.05, 0) is 24.3 Å². The van der Waals surface area contributed by atoms with Crippen molar-refractivity contribution in [1.29, 1.82) is 0 Å². The zero-order valence-electron chi connectivity index (χ0n) is 8.60. The molecule has 0 aliphatic rings. The van der Waals surface area contributed by atoms with Gasteiger partial charge in [0.1, 0.15) is 0 Å². The third-order valence-electron chi connectivity index (χ3n) is 1.78. The van der Waals surface area contributed by atoms with Crippen LogP contribution in [0.4, 0.5) is 5.69 Å². The van der Waals surface area contributed by atoms with Crippen LogP contribution < -0.4 is 5.32 Å². The van der Waals surface area contributed by atoms with Crippen molar-refractivity contribution < 1.29 is 0 Å². The van der Waals surface area contributed by atoms with E-state index in [9.17, 15) is 0 Å². The molecule has 1 rings (SSSR count). The van der Waals surface area contributed by atoms with Crippen LogP contribution in [-0.2, 0) is 0 Å². The average Bonchev–Trinajstić information content (AvgIpc) is 2.07. The minimum absolute atomic E-state index is 0.00499. The van der Waals surface area contributed by atoms with E-state index in [1.165, 1.54) is 0 Å². The van der Waals surface area contributed by atoms with E-state index >= 15 is 0 Å². The molecule has 0 bridgehead atoms. The van der Waals surface area contributed by atoms with Gasteiger partial charge in [0, 0.05) is 16.1 Å². The van der Waals surface area contributed by atoms with Crippen LogP contribution in [0.2, 0.25) is 5.02 Å². The third kappa shape index (κ3) is 3.28. The second kappa shape index (κ2) is 4.28. The number of benzene rings is 1. The predicted octanol–water partition coefficient (Wildman–Crippen LogP) is 4.13. The molecule has 0 saturated carbocycles. The van der Waals surface area contributed by atoms with Crippen molar-refractivity contribution in [2.75, 3.05) is 5.32 Å². The van der Waals surface area contributed by atoms with Crippen molar-refractivity contribution in [3.8, 4) is 0 Å². The highest BCUT2D eigenvalue weighted by Gasteiger charge is 2.16. The summed E-state index contributed by atoms with van der Waals surface area (Å²) < 4.78 is 0. The molecule has 0 spiro atoms. The van der Waals surface area contributed by atoms with E-state index in [1.807, 2.05) is 24.3 Å². The monoisotopic (exact) mass is 227 g/mol. The number of thiocarbonyl (C=S) groups is 1. The van der Waals surface area contributed by atoms with Gasteiger partial charge in [-0.3, -0.25) is 0 Å². The number of hydrogen-bond acceptors (Lipinski definition) is 1. The van der Waals surface area contributed by atoms with E-state index in [1.54, 1.807) is 0 Å². The first-order valence-corrected chi connectivity index (χ1v) is 5.25. The summed E-state index contributed by atoms with van der Waals surface area (Å²) in [4.78, 5) is 0.833. The first kappa shape index (κ1) is 11.5. The second-order valence-electron chi connectivity index (χ2n) is 4.21. The summed E-state index contributed by atoms with van der Waals surface area (Å²) in [6, 6.07) is 7.52. The van der Waals surface area contributed by atoms with E-state index in [0.717, 1.165) is 15.7 Å². The quantitative estimate of drug-likeness (QED) is 0.725. The molecule has 14 heavy (non-hydrogen) atoms. The zero-order chi connectivity index (χ0) is 10.8. The van der Waals surface area contributed by atoms with Crippen LogP contribution in [0.5, 0.6) is 0 Å². The molecule has 0 heterocycles. The highest BCUT2D eigenvalue weighted by Crippen LogP contribution is 2.20. The summed E-state index contributed by atoms with van der Waals surface area (Å²) in [7, 11) is 0. The Morgan fingerprint density at radius 3 is 2.14 bits per heavy atom. The molecular weight excluding hydrogens is 214 g/mol. The van der Waals surface area contributed by atoms with Gasteiger partial charge in [-0.25, -0.2) is 0 Å². The fraction of sp³-hybridized carbons (Fsp3) is 0.364. The van der Waals surface area contributed by atoms with Crippen molar-refractivity contribution >= 4 is 34.5 Å². The topological polar surface area (TPSA) is 12.0 Å². The lowest BCUT2D eigenvalue weighted by Gasteiger charge is -2.21. The van der Waals surface area contributed by atoms with Gasteiger partial charge in [0.05, 0.1) is 4.99 Å². The molecule has 0 aliphatic carbocycles. The molecule has 0 unspecified atom stereocenters. The van der Waals surface area contributed by atoms with Crippen LogP contribution in [-0.4, -0.2) is 4.99 Å². The van der Waals surface area contributed by atoms with Gasteiger partial charge in [0.25, 0.3) is 0 Å². The lowest BCUT2D eigenvalue weighted by Crippen LogP contribution is -2.25. The van der Waals surface area contributed by atoms with Crippen LogP contribution >= 0.6 is 23.8 Å². The van der Waals surface area contributed by atoms with Crippen LogP contribution in [0, 0.1) is 5.41 Å². The summed E-state index contributed by atoms with van der Waals surface area (Å²) in [6.07, 6.45) is 0. The Morgan fingerprint density at radius 1 is 1.21 bits per heavy atom. The molecule has 1 N–H and O–H groups in total. The standard InChI is InChI=1S/C11H14ClNS/c1-11(2,3)10(14)13-9-6-4-8(12)5-7-9/h4-7H,1-3H3,(H,13,14). The van der Waals surface area contributed by atoms with Crippen LogP contribution in [0.3, 0.4) is 0 Å². The van der Waals surface area contributed by atoms with Crippen molar-refractivity contribution in [3.63, 3.8) is 0 Å². The van der Waals surface area contributed by atoms with Gasteiger partial charge in [-0.15, -0.1) is 0 Å². The first-order valence-electron chi connectivity index (χ1n) is 4.46. The SMILES string of the molecule is CC(C)(C)C(=S)Nc1ccc(Cl)cc1. The van der Waals surface area contributed by atoms with E-state index in [0.29, 0.717) is 0 Å². The minimum atomic E-state index is -0.00499. The molecule has 0 aromatic heterocycles. The van der Waals surface area contributed by atoms with Crippen molar-refractivity contribution in [2.45, 2.75) is 20.8 Å². The molecule has 1 aromatic rings.